The highest BCUT2D eigenvalue weighted by atomic mass is 35.5. The highest BCUT2D eigenvalue weighted by Gasteiger charge is 2.06. The van der Waals surface area contributed by atoms with Crippen LogP contribution >= 0.6 is 11.6 Å². The summed E-state index contributed by atoms with van der Waals surface area (Å²) in [7, 11) is 0. The minimum atomic E-state index is -0.447. The molecule has 1 aromatic carbocycles. The average molecular weight is 255 g/mol. The van der Waals surface area contributed by atoms with Crippen LogP contribution in [0.2, 0.25) is 5.02 Å². The Morgan fingerprint density at radius 2 is 2.18 bits per heavy atom. The van der Waals surface area contributed by atoms with E-state index in [1.807, 2.05) is 0 Å². The van der Waals surface area contributed by atoms with Crippen LogP contribution in [0.25, 0.3) is 0 Å². The summed E-state index contributed by atoms with van der Waals surface area (Å²) in [5, 5.41) is 9.03. The highest BCUT2D eigenvalue weighted by Crippen LogP contribution is 2.28. The summed E-state index contributed by atoms with van der Waals surface area (Å²) in [6, 6.07) is 3.76. The third-order valence-electron chi connectivity index (χ3n) is 1.93. The molecule has 0 aliphatic heterocycles. The molecule has 0 bridgehead atoms. The summed E-state index contributed by atoms with van der Waals surface area (Å²) < 4.78 is 18.1. The molecule has 0 aliphatic rings. The van der Waals surface area contributed by atoms with E-state index in [0.29, 0.717) is 5.69 Å². The molecule has 1 aromatic heterocycles. The topological polar surface area (TPSA) is 55.2 Å². The van der Waals surface area contributed by atoms with Gasteiger partial charge in [0.2, 0.25) is 5.88 Å². The minimum absolute atomic E-state index is 0.140. The number of aliphatic hydroxyl groups excluding tert-OH is 1. The van der Waals surface area contributed by atoms with Crippen molar-refractivity contribution in [2.45, 2.75) is 6.61 Å². The molecule has 2 aromatic rings. The normalized spacial score (nSPS) is 10.3. The quantitative estimate of drug-likeness (QED) is 0.915. The second kappa shape index (κ2) is 5.07. The van der Waals surface area contributed by atoms with E-state index in [2.05, 4.69) is 9.97 Å². The summed E-state index contributed by atoms with van der Waals surface area (Å²) in [6.45, 7) is -0.235. The fraction of sp³-hybridized carbons (Fsp3) is 0.0909. The molecule has 0 aliphatic carbocycles. The van der Waals surface area contributed by atoms with E-state index in [1.165, 1.54) is 24.5 Å². The van der Waals surface area contributed by atoms with Crippen molar-refractivity contribution in [2.24, 2.45) is 0 Å². The first-order valence-corrected chi connectivity index (χ1v) is 5.11. The lowest BCUT2D eigenvalue weighted by molar-refractivity contribution is 0.274. The molecule has 0 atom stereocenters. The van der Waals surface area contributed by atoms with Crippen LogP contribution in [0.5, 0.6) is 11.6 Å². The van der Waals surface area contributed by atoms with Gasteiger partial charge in [0.1, 0.15) is 11.6 Å². The van der Waals surface area contributed by atoms with Gasteiger partial charge in [-0.1, -0.05) is 11.6 Å². The van der Waals surface area contributed by atoms with Crippen molar-refractivity contribution >= 4 is 11.6 Å². The fourth-order valence-electron chi connectivity index (χ4n) is 1.18. The Balaban J connectivity index is 2.25. The molecule has 0 unspecified atom stereocenters. The lowest BCUT2D eigenvalue weighted by Gasteiger charge is -2.06. The number of benzene rings is 1. The first-order valence-electron chi connectivity index (χ1n) is 4.73. The number of rotatable bonds is 3. The summed E-state index contributed by atoms with van der Waals surface area (Å²) in [5.74, 6) is 0.0139. The zero-order valence-corrected chi connectivity index (χ0v) is 9.36. The van der Waals surface area contributed by atoms with Gasteiger partial charge in [0, 0.05) is 0 Å². The van der Waals surface area contributed by atoms with Crippen LogP contribution in [0.1, 0.15) is 5.69 Å². The Morgan fingerprint density at radius 3 is 2.88 bits per heavy atom. The monoisotopic (exact) mass is 254 g/mol. The number of halogens is 2. The van der Waals surface area contributed by atoms with Crippen molar-refractivity contribution in [3.63, 3.8) is 0 Å². The fourth-order valence-corrected chi connectivity index (χ4v) is 1.39. The highest BCUT2D eigenvalue weighted by molar-refractivity contribution is 6.32. The molecule has 88 valence electrons. The van der Waals surface area contributed by atoms with Gasteiger partial charge in [0.05, 0.1) is 29.7 Å². The van der Waals surface area contributed by atoms with E-state index in [1.54, 1.807) is 0 Å². The summed E-state index contributed by atoms with van der Waals surface area (Å²) in [5.41, 5.74) is 0.376. The van der Waals surface area contributed by atoms with E-state index >= 15 is 0 Å². The largest absolute Gasteiger partial charge is 0.436 e. The van der Waals surface area contributed by atoms with Gasteiger partial charge in [-0.25, -0.2) is 9.37 Å². The summed E-state index contributed by atoms with van der Waals surface area (Å²) in [4.78, 5) is 7.80. The van der Waals surface area contributed by atoms with Gasteiger partial charge in [-0.3, -0.25) is 4.98 Å². The molecule has 1 heterocycles. The Bertz CT molecular complexity index is 537. The van der Waals surface area contributed by atoms with Crippen molar-refractivity contribution in [3.05, 3.63) is 47.1 Å². The van der Waals surface area contributed by atoms with Crippen molar-refractivity contribution in [1.82, 2.24) is 9.97 Å². The maximum Gasteiger partial charge on any atom is 0.238 e. The molecule has 0 radical (unpaired) electrons. The van der Waals surface area contributed by atoms with Crippen molar-refractivity contribution in [3.8, 4) is 11.6 Å². The Hall–Kier alpha value is -1.72. The van der Waals surface area contributed by atoms with Crippen LogP contribution in [-0.2, 0) is 6.61 Å². The maximum absolute atomic E-state index is 12.8. The van der Waals surface area contributed by atoms with E-state index < -0.39 is 5.82 Å². The zero-order chi connectivity index (χ0) is 12.3. The molecular formula is C11H8ClFN2O2. The molecule has 17 heavy (non-hydrogen) atoms. The van der Waals surface area contributed by atoms with Gasteiger partial charge in [0.25, 0.3) is 0 Å². The van der Waals surface area contributed by atoms with Crippen molar-refractivity contribution in [1.29, 1.82) is 0 Å². The van der Waals surface area contributed by atoms with Crippen LogP contribution in [0, 0.1) is 5.82 Å². The Kier molecular flexibility index (Phi) is 3.51. The molecule has 4 nitrogen and oxygen atoms in total. The van der Waals surface area contributed by atoms with Gasteiger partial charge >= 0.3 is 0 Å². The number of hydrogen-bond acceptors (Lipinski definition) is 4. The second-order valence-electron chi connectivity index (χ2n) is 3.18. The number of aromatic nitrogens is 2. The van der Waals surface area contributed by atoms with Crippen LogP contribution in [0.3, 0.4) is 0 Å². The smallest absolute Gasteiger partial charge is 0.238 e. The zero-order valence-electron chi connectivity index (χ0n) is 8.60. The lowest BCUT2D eigenvalue weighted by Crippen LogP contribution is -1.95. The molecule has 0 saturated heterocycles. The molecule has 0 spiro atoms. The van der Waals surface area contributed by atoms with Crippen LogP contribution in [0.15, 0.2) is 30.6 Å². The number of nitrogens with zero attached hydrogens (tertiary/aromatic N) is 2. The molecule has 6 heteroatoms. The number of aliphatic hydroxyl groups is 1. The average Bonchev–Trinajstić information content (AvgIpc) is 2.33. The molecule has 1 N–H and O–H groups in total. The van der Waals surface area contributed by atoms with Crippen LogP contribution < -0.4 is 4.74 Å². The number of hydrogen-bond donors (Lipinski definition) is 1. The third kappa shape index (κ3) is 2.89. The van der Waals surface area contributed by atoms with Crippen LogP contribution in [0.4, 0.5) is 4.39 Å². The predicted octanol–water partition coefficient (Wildman–Crippen LogP) is 2.55. The lowest BCUT2D eigenvalue weighted by atomic mass is 10.3. The molecule has 0 amide bonds. The second-order valence-corrected chi connectivity index (χ2v) is 3.59. The standard InChI is InChI=1S/C11H8ClFN2O2/c12-9-3-7(13)1-2-10(9)17-11-5-14-4-8(6-16)15-11/h1-5,16H,6H2. The predicted molar refractivity (Wildman–Crippen MR) is 59.4 cm³/mol. The number of ether oxygens (including phenoxy) is 1. The Morgan fingerprint density at radius 1 is 1.35 bits per heavy atom. The molecule has 0 saturated carbocycles. The molecule has 0 fully saturated rings. The van der Waals surface area contributed by atoms with Gasteiger partial charge in [-0.2, -0.15) is 0 Å². The van der Waals surface area contributed by atoms with E-state index in [0.717, 1.165) is 6.07 Å². The van der Waals surface area contributed by atoms with Crippen molar-refractivity contribution in [2.75, 3.05) is 0 Å². The van der Waals surface area contributed by atoms with Crippen molar-refractivity contribution < 1.29 is 14.2 Å². The van der Waals surface area contributed by atoms with Gasteiger partial charge in [-0.05, 0) is 18.2 Å². The van der Waals surface area contributed by atoms with E-state index in [-0.39, 0.29) is 23.3 Å². The van der Waals surface area contributed by atoms with Gasteiger partial charge < -0.3 is 9.84 Å². The van der Waals surface area contributed by atoms with E-state index in [9.17, 15) is 4.39 Å². The third-order valence-corrected chi connectivity index (χ3v) is 2.23. The first-order chi connectivity index (χ1) is 8.19. The van der Waals surface area contributed by atoms with Gasteiger partial charge in [0.15, 0.2) is 0 Å². The minimum Gasteiger partial charge on any atom is -0.436 e. The molecule has 2 rings (SSSR count). The summed E-state index contributed by atoms with van der Waals surface area (Å²) >= 11 is 5.79. The maximum atomic E-state index is 12.8. The van der Waals surface area contributed by atoms with E-state index in [4.69, 9.17) is 21.4 Å². The Labute approximate surface area is 102 Å². The summed E-state index contributed by atoms with van der Waals surface area (Å²) in [6.07, 6.45) is 2.79. The first kappa shape index (κ1) is 11.8. The van der Waals surface area contributed by atoms with Crippen LogP contribution in [-0.4, -0.2) is 15.1 Å². The van der Waals surface area contributed by atoms with Gasteiger partial charge in [-0.15, -0.1) is 0 Å². The molecular weight excluding hydrogens is 247 g/mol. The SMILES string of the molecule is OCc1cncc(Oc2ccc(F)cc2Cl)n1.